The number of hydrogen-bond donors (Lipinski definition) is 2. The van der Waals surface area contributed by atoms with Crippen LogP contribution >= 0.6 is 24.0 Å². The molecule has 30 heavy (non-hydrogen) atoms. The highest BCUT2D eigenvalue weighted by Crippen LogP contribution is 2.16. The lowest BCUT2D eigenvalue weighted by atomic mass is 10.0. The highest BCUT2D eigenvalue weighted by molar-refractivity contribution is 14.0. The fourth-order valence-electron chi connectivity index (χ4n) is 3.54. The van der Waals surface area contributed by atoms with Gasteiger partial charge in [0, 0.05) is 44.8 Å². The molecule has 1 fully saturated rings. The molecule has 0 radical (unpaired) electrons. The molecule has 0 saturated carbocycles. The van der Waals surface area contributed by atoms with Crippen LogP contribution < -0.4 is 10.6 Å². The largest absolute Gasteiger partial charge is 0.357 e. The molecule has 3 rings (SSSR count). The quantitative estimate of drug-likeness (QED) is 0.224. The maximum Gasteiger partial charge on any atom is 0.276 e. The Balaban J connectivity index is 0.00000320. The van der Waals surface area contributed by atoms with Gasteiger partial charge < -0.3 is 20.1 Å². The summed E-state index contributed by atoms with van der Waals surface area (Å²) in [5.74, 6) is 1.95. The molecule has 166 valence electrons. The third-order valence-corrected chi connectivity index (χ3v) is 5.15. The van der Waals surface area contributed by atoms with E-state index >= 15 is 0 Å². The van der Waals surface area contributed by atoms with Crippen molar-refractivity contribution in [2.45, 2.75) is 52.0 Å². The minimum absolute atomic E-state index is 0. The predicted octanol–water partition coefficient (Wildman–Crippen LogP) is 3.11. The number of nitrogens with one attached hydrogen (secondary N) is 2. The first kappa shape index (κ1) is 24.5. The first-order valence-electron chi connectivity index (χ1n) is 10.8. The van der Waals surface area contributed by atoms with Crippen molar-refractivity contribution in [3.63, 3.8) is 0 Å². The van der Waals surface area contributed by atoms with Gasteiger partial charge in [-0.15, -0.1) is 24.0 Å². The van der Waals surface area contributed by atoms with Crippen molar-refractivity contribution in [2.75, 3.05) is 32.7 Å². The molecule has 0 bridgehead atoms. The van der Waals surface area contributed by atoms with Crippen molar-refractivity contribution in [1.82, 2.24) is 30.7 Å². The van der Waals surface area contributed by atoms with Crippen LogP contribution in [-0.4, -0.2) is 64.7 Å². The molecule has 0 aliphatic carbocycles. The van der Waals surface area contributed by atoms with Gasteiger partial charge in [-0.05, 0) is 51.8 Å². The van der Waals surface area contributed by atoms with E-state index in [-0.39, 0.29) is 24.0 Å². The lowest BCUT2D eigenvalue weighted by molar-refractivity contribution is 0.160. The number of pyridine rings is 1. The molecule has 2 N–H and O–H groups in total. The summed E-state index contributed by atoms with van der Waals surface area (Å²) in [5, 5.41) is 10.7. The van der Waals surface area contributed by atoms with Crippen LogP contribution in [0, 0.1) is 0 Å². The second-order valence-electron chi connectivity index (χ2n) is 7.40. The normalized spacial score (nSPS) is 17.4. The smallest absolute Gasteiger partial charge is 0.276 e. The van der Waals surface area contributed by atoms with E-state index in [0.29, 0.717) is 36.4 Å². The molecule has 1 saturated heterocycles. The topological polar surface area (TPSA) is 91.5 Å². The molecular formula is C21H34IN7O. The first-order valence-corrected chi connectivity index (χ1v) is 10.8. The number of halogens is 1. The Bertz CT molecular complexity index is 753. The van der Waals surface area contributed by atoms with Crippen LogP contribution in [0.4, 0.5) is 0 Å². The Labute approximate surface area is 196 Å². The van der Waals surface area contributed by atoms with Crippen LogP contribution in [-0.2, 0) is 6.42 Å². The van der Waals surface area contributed by atoms with Gasteiger partial charge in [-0.25, -0.2) is 0 Å². The molecule has 1 atom stereocenters. The average molecular weight is 527 g/mol. The van der Waals surface area contributed by atoms with Crippen LogP contribution in [0.2, 0.25) is 0 Å². The van der Waals surface area contributed by atoms with Gasteiger partial charge in [0.2, 0.25) is 0 Å². The van der Waals surface area contributed by atoms with E-state index in [1.54, 1.807) is 6.20 Å². The summed E-state index contributed by atoms with van der Waals surface area (Å²) in [6.45, 7) is 9.12. The molecule has 3 heterocycles. The molecule has 1 unspecified atom stereocenters. The number of likely N-dealkylation sites (tertiary alicyclic amines) is 1. The lowest BCUT2D eigenvalue weighted by Crippen LogP contribution is -2.39. The Kier molecular flexibility index (Phi) is 11.1. The summed E-state index contributed by atoms with van der Waals surface area (Å²) < 4.78 is 5.30. The summed E-state index contributed by atoms with van der Waals surface area (Å²) in [4.78, 5) is 15.9. The Hall–Kier alpha value is -1.75. The van der Waals surface area contributed by atoms with Crippen LogP contribution in [0.5, 0.6) is 0 Å². The van der Waals surface area contributed by atoms with E-state index in [1.165, 1.54) is 25.8 Å². The third kappa shape index (κ3) is 7.82. The summed E-state index contributed by atoms with van der Waals surface area (Å²) in [7, 11) is 0. The van der Waals surface area contributed by atoms with Gasteiger partial charge in [-0.1, -0.05) is 17.6 Å². The summed E-state index contributed by atoms with van der Waals surface area (Å²) in [6.07, 6.45) is 7.48. The monoisotopic (exact) mass is 527 g/mol. The minimum atomic E-state index is 0. The number of rotatable bonds is 9. The summed E-state index contributed by atoms with van der Waals surface area (Å²) in [5.41, 5.74) is 0.692. The van der Waals surface area contributed by atoms with E-state index in [2.05, 4.69) is 44.5 Å². The van der Waals surface area contributed by atoms with Gasteiger partial charge in [0.1, 0.15) is 5.69 Å². The molecule has 8 nitrogen and oxygen atoms in total. The Morgan fingerprint density at radius 2 is 2.20 bits per heavy atom. The standard InChI is InChI=1S/C21H33N7O.HI/c1-3-22-21(24-13-8-16-28-15-7-5-9-17(28)2)25-14-11-19-26-20(29-27-19)18-10-4-6-12-23-18;/h4,6,10,12,17H,3,5,7-9,11,13-16H2,1-2H3,(H2,22,24,25);1H. The molecule has 1 aliphatic heterocycles. The number of hydrogen-bond acceptors (Lipinski definition) is 6. The minimum Gasteiger partial charge on any atom is -0.357 e. The van der Waals surface area contributed by atoms with Crippen LogP contribution in [0.15, 0.2) is 33.9 Å². The van der Waals surface area contributed by atoms with Crippen LogP contribution in [0.25, 0.3) is 11.6 Å². The molecular weight excluding hydrogens is 493 g/mol. The van der Waals surface area contributed by atoms with Gasteiger partial charge >= 0.3 is 0 Å². The number of aromatic nitrogens is 3. The van der Waals surface area contributed by atoms with Crippen molar-refractivity contribution < 1.29 is 4.52 Å². The summed E-state index contributed by atoms with van der Waals surface area (Å²) in [6, 6.07) is 6.33. The molecule has 2 aromatic heterocycles. The molecule has 1 aliphatic rings. The van der Waals surface area contributed by atoms with Gasteiger partial charge in [0.15, 0.2) is 11.8 Å². The second-order valence-corrected chi connectivity index (χ2v) is 7.40. The second kappa shape index (κ2) is 13.5. The molecule has 2 aromatic rings. The van der Waals surface area contributed by atoms with Crippen molar-refractivity contribution in [3.8, 4) is 11.6 Å². The Morgan fingerprint density at radius 1 is 1.30 bits per heavy atom. The van der Waals surface area contributed by atoms with Gasteiger partial charge in [-0.2, -0.15) is 4.98 Å². The van der Waals surface area contributed by atoms with E-state index in [1.807, 2.05) is 18.2 Å². The third-order valence-electron chi connectivity index (χ3n) is 5.15. The first-order chi connectivity index (χ1) is 14.3. The van der Waals surface area contributed by atoms with Crippen molar-refractivity contribution in [1.29, 1.82) is 0 Å². The molecule has 9 heteroatoms. The highest BCUT2D eigenvalue weighted by Gasteiger charge is 2.17. The number of piperidine rings is 1. The van der Waals surface area contributed by atoms with E-state index in [4.69, 9.17) is 9.52 Å². The van der Waals surface area contributed by atoms with Gasteiger partial charge in [0.05, 0.1) is 0 Å². The highest BCUT2D eigenvalue weighted by atomic mass is 127. The van der Waals surface area contributed by atoms with E-state index < -0.39 is 0 Å². The van der Waals surface area contributed by atoms with Gasteiger partial charge in [-0.3, -0.25) is 9.98 Å². The SMILES string of the molecule is CCNC(=NCCCN1CCCCC1C)NCCc1noc(-c2ccccn2)n1.I. The Morgan fingerprint density at radius 3 is 2.97 bits per heavy atom. The van der Waals surface area contributed by atoms with Gasteiger partial charge in [0.25, 0.3) is 5.89 Å². The molecule has 0 spiro atoms. The zero-order chi connectivity index (χ0) is 20.3. The molecule has 0 aromatic carbocycles. The maximum absolute atomic E-state index is 5.30. The van der Waals surface area contributed by atoms with Crippen molar-refractivity contribution >= 4 is 29.9 Å². The maximum atomic E-state index is 5.30. The lowest BCUT2D eigenvalue weighted by Gasteiger charge is -2.33. The predicted molar refractivity (Wildman–Crippen MR) is 130 cm³/mol. The number of aliphatic imine (C=N–C) groups is 1. The number of nitrogens with zero attached hydrogens (tertiary/aromatic N) is 5. The van der Waals surface area contributed by atoms with Crippen LogP contribution in [0.1, 0.15) is 45.4 Å². The van der Waals surface area contributed by atoms with Crippen molar-refractivity contribution in [3.05, 3.63) is 30.2 Å². The zero-order valence-electron chi connectivity index (χ0n) is 18.0. The fraction of sp³-hybridized carbons (Fsp3) is 0.619. The molecule has 0 amide bonds. The van der Waals surface area contributed by atoms with Crippen LogP contribution in [0.3, 0.4) is 0 Å². The van der Waals surface area contributed by atoms with Crippen molar-refractivity contribution in [2.24, 2.45) is 4.99 Å². The average Bonchev–Trinajstić information content (AvgIpc) is 3.22. The van der Waals surface area contributed by atoms with E-state index in [0.717, 1.165) is 32.0 Å². The summed E-state index contributed by atoms with van der Waals surface area (Å²) >= 11 is 0. The zero-order valence-corrected chi connectivity index (χ0v) is 20.3. The number of guanidine groups is 1. The fourth-order valence-corrected chi connectivity index (χ4v) is 3.54. The van der Waals surface area contributed by atoms with E-state index in [9.17, 15) is 0 Å².